The number of hydrogen-bond donors (Lipinski definition) is 1. The number of aromatic nitrogens is 1. The van der Waals surface area contributed by atoms with Gasteiger partial charge in [0.1, 0.15) is 5.82 Å². The molecule has 0 aliphatic carbocycles. The van der Waals surface area contributed by atoms with E-state index in [-0.39, 0.29) is 5.82 Å². The maximum atomic E-state index is 13.5. The summed E-state index contributed by atoms with van der Waals surface area (Å²) in [6, 6.07) is 5.12. The number of nitrogens with one attached hydrogen (secondary N) is 1. The van der Waals surface area contributed by atoms with Gasteiger partial charge >= 0.3 is 0 Å². The van der Waals surface area contributed by atoms with Gasteiger partial charge in [-0.3, -0.25) is 0 Å². The molecular weight excluding hydrogens is 334 g/mol. The molecule has 1 heterocycles. The van der Waals surface area contributed by atoms with Crippen molar-refractivity contribution in [2.75, 3.05) is 19.5 Å². The lowest BCUT2D eigenvalue weighted by Gasteiger charge is -2.10. The topological polar surface area (TPSA) is 34.1 Å². The molecule has 0 unspecified atom stereocenters. The van der Waals surface area contributed by atoms with Gasteiger partial charge < -0.3 is 10.1 Å². The number of hydrogen-bond acceptors (Lipinski definition) is 3. The average molecular weight is 346 g/mol. The molecule has 0 amide bonds. The lowest BCUT2D eigenvalue weighted by Crippen LogP contribution is -2.00. The van der Waals surface area contributed by atoms with Crippen molar-refractivity contribution in [1.82, 2.24) is 4.98 Å². The van der Waals surface area contributed by atoms with E-state index in [4.69, 9.17) is 4.74 Å². The van der Waals surface area contributed by atoms with Gasteiger partial charge in [-0.2, -0.15) is 0 Å². The lowest BCUT2D eigenvalue weighted by atomic mass is 10.1. The number of fused-ring (bicyclic) bond motifs is 1. The Bertz CT molecular complexity index is 560. The second kappa shape index (κ2) is 5.14. The summed E-state index contributed by atoms with van der Waals surface area (Å²) in [4.78, 5) is 4.42. The van der Waals surface area contributed by atoms with Crippen LogP contribution in [0.2, 0.25) is 0 Å². The zero-order valence-corrected chi connectivity index (χ0v) is 11.7. The van der Waals surface area contributed by atoms with Crippen molar-refractivity contribution >= 4 is 39.2 Å². The number of anilines is 1. The summed E-state index contributed by atoms with van der Waals surface area (Å²) >= 11 is 1.97. The molecule has 0 bridgehead atoms. The molecule has 0 aliphatic heterocycles. The van der Waals surface area contributed by atoms with Gasteiger partial charge in [0.15, 0.2) is 0 Å². The zero-order chi connectivity index (χ0) is 12.4. The van der Waals surface area contributed by atoms with E-state index in [1.807, 2.05) is 35.7 Å². The molecular formula is C12H12FIN2O. The molecule has 1 aromatic heterocycles. The molecule has 0 aliphatic rings. The summed E-state index contributed by atoms with van der Waals surface area (Å²) in [6.07, 6.45) is 0. The monoisotopic (exact) mass is 346 g/mol. The third-order valence-corrected chi connectivity index (χ3v) is 3.51. The standard InChI is InChI=1S/C12H12FIN2O/c1-15-10-5-7(6-17-2)16-12-8(10)3-4-9(13)11(12)14/h3-5H,6H2,1-2H3,(H,15,16). The molecule has 90 valence electrons. The van der Waals surface area contributed by atoms with Crippen molar-refractivity contribution in [3.8, 4) is 0 Å². The number of pyridine rings is 1. The van der Waals surface area contributed by atoms with Crippen LogP contribution in [0.5, 0.6) is 0 Å². The Hall–Kier alpha value is -0.950. The van der Waals surface area contributed by atoms with E-state index >= 15 is 0 Å². The third kappa shape index (κ3) is 2.35. The lowest BCUT2D eigenvalue weighted by molar-refractivity contribution is 0.182. The van der Waals surface area contributed by atoms with Gasteiger partial charge in [0.2, 0.25) is 0 Å². The zero-order valence-electron chi connectivity index (χ0n) is 9.55. The molecule has 0 atom stereocenters. The molecule has 2 aromatic rings. The Morgan fingerprint density at radius 2 is 2.24 bits per heavy atom. The minimum absolute atomic E-state index is 0.248. The first-order valence-electron chi connectivity index (χ1n) is 5.11. The fourth-order valence-corrected chi connectivity index (χ4v) is 2.31. The maximum Gasteiger partial charge on any atom is 0.138 e. The normalized spacial score (nSPS) is 10.8. The highest BCUT2D eigenvalue weighted by Gasteiger charge is 2.10. The molecule has 1 N–H and O–H groups in total. The van der Waals surface area contributed by atoms with Gasteiger partial charge in [0.05, 0.1) is 21.4 Å². The smallest absolute Gasteiger partial charge is 0.138 e. The van der Waals surface area contributed by atoms with E-state index in [0.717, 1.165) is 16.8 Å². The predicted molar refractivity (Wildman–Crippen MR) is 74.7 cm³/mol. The summed E-state index contributed by atoms with van der Waals surface area (Å²) in [7, 11) is 3.45. The van der Waals surface area contributed by atoms with Gasteiger partial charge in [-0.05, 0) is 40.8 Å². The first kappa shape index (κ1) is 12.5. The minimum atomic E-state index is -0.248. The predicted octanol–water partition coefficient (Wildman–Crippen LogP) is 3.17. The highest BCUT2D eigenvalue weighted by atomic mass is 127. The number of nitrogens with zero attached hydrogens (tertiary/aromatic N) is 1. The van der Waals surface area contributed by atoms with Crippen molar-refractivity contribution in [1.29, 1.82) is 0 Å². The van der Waals surface area contributed by atoms with Crippen molar-refractivity contribution < 1.29 is 9.13 Å². The minimum Gasteiger partial charge on any atom is -0.388 e. The molecule has 0 fully saturated rings. The molecule has 0 saturated carbocycles. The molecule has 1 aromatic carbocycles. The van der Waals surface area contributed by atoms with Crippen LogP contribution in [0, 0.1) is 9.39 Å². The maximum absolute atomic E-state index is 13.5. The quantitative estimate of drug-likeness (QED) is 0.867. The van der Waals surface area contributed by atoms with Crippen molar-refractivity contribution in [3.05, 3.63) is 33.3 Å². The average Bonchev–Trinajstić information content (AvgIpc) is 2.34. The van der Waals surface area contributed by atoms with Crippen molar-refractivity contribution in [3.63, 3.8) is 0 Å². The fourth-order valence-electron chi connectivity index (χ4n) is 1.72. The van der Waals surface area contributed by atoms with Gasteiger partial charge in [0.25, 0.3) is 0 Å². The van der Waals surface area contributed by atoms with Gasteiger partial charge in [-0.1, -0.05) is 0 Å². The molecule has 0 saturated heterocycles. The second-order valence-electron chi connectivity index (χ2n) is 3.60. The number of halogens is 2. The fraction of sp³-hybridized carbons (Fsp3) is 0.250. The molecule has 2 rings (SSSR count). The Balaban J connectivity index is 2.73. The van der Waals surface area contributed by atoms with Gasteiger partial charge in [0, 0.05) is 25.2 Å². The van der Waals surface area contributed by atoms with Crippen molar-refractivity contribution in [2.45, 2.75) is 6.61 Å². The van der Waals surface area contributed by atoms with Crippen LogP contribution in [0.3, 0.4) is 0 Å². The highest BCUT2D eigenvalue weighted by molar-refractivity contribution is 14.1. The van der Waals surface area contributed by atoms with Crippen LogP contribution in [-0.2, 0) is 11.3 Å². The van der Waals surface area contributed by atoms with Crippen LogP contribution in [0.25, 0.3) is 10.9 Å². The van der Waals surface area contributed by atoms with Gasteiger partial charge in [-0.15, -0.1) is 0 Å². The summed E-state index contributed by atoms with van der Waals surface area (Å²) in [5, 5.41) is 4.01. The summed E-state index contributed by atoms with van der Waals surface area (Å²) in [5.41, 5.74) is 2.39. The first-order chi connectivity index (χ1) is 8.17. The summed E-state index contributed by atoms with van der Waals surface area (Å²) < 4.78 is 19.1. The second-order valence-corrected chi connectivity index (χ2v) is 4.68. The molecule has 17 heavy (non-hydrogen) atoms. The number of ether oxygens (including phenoxy) is 1. The first-order valence-corrected chi connectivity index (χ1v) is 6.19. The Morgan fingerprint density at radius 3 is 2.88 bits per heavy atom. The Labute approximate surface area is 113 Å². The van der Waals surface area contributed by atoms with E-state index in [1.54, 1.807) is 13.2 Å². The SMILES string of the molecule is CNc1cc(COC)nc2c(I)c(F)ccc12. The largest absolute Gasteiger partial charge is 0.388 e. The summed E-state index contributed by atoms with van der Waals surface area (Å²) in [5.74, 6) is -0.248. The van der Waals surface area contributed by atoms with Crippen LogP contribution in [0.15, 0.2) is 18.2 Å². The van der Waals surface area contributed by atoms with Crippen LogP contribution < -0.4 is 5.32 Å². The summed E-state index contributed by atoms with van der Waals surface area (Å²) in [6.45, 7) is 0.414. The number of rotatable bonds is 3. The number of methoxy groups -OCH3 is 1. The molecule has 0 spiro atoms. The Morgan fingerprint density at radius 1 is 1.47 bits per heavy atom. The van der Waals surface area contributed by atoms with E-state index in [2.05, 4.69) is 10.3 Å². The van der Waals surface area contributed by atoms with Gasteiger partial charge in [-0.25, -0.2) is 9.37 Å². The molecule has 5 heteroatoms. The third-order valence-electron chi connectivity index (χ3n) is 2.49. The van der Waals surface area contributed by atoms with E-state index in [9.17, 15) is 4.39 Å². The van der Waals surface area contributed by atoms with Crippen LogP contribution in [0.4, 0.5) is 10.1 Å². The van der Waals surface area contributed by atoms with E-state index in [1.165, 1.54) is 6.07 Å². The highest BCUT2D eigenvalue weighted by Crippen LogP contribution is 2.28. The van der Waals surface area contributed by atoms with Crippen LogP contribution in [-0.4, -0.2) is 19.1 Å². The van der Waals surface area contributed by atoms with Crippen molar-refractivity contribution in [2.24, 2.45) is 0 Å². The van der Waals surface area contributed by atoms with E-state index < -0.39 is 0 Å². The van der Waals surface area contributed by atoms with Crippen LogP contribution >= 0.6 is 22.6 Å². The van der Waals surface area contributed by atoms with E-state index in [0.29, 0.717) is 15.7 Å². The molecule has 0 radical (unpaired) electrons. The molecule has 3 nitrogen and oxygen atoms in total. The Kier molecular flexibility index (Phi) is 3.78. The number of benzene rings is 1. The van der Waals surface area contributed by atoms with Crippen LogP contribution in [0.1, 0.15) is 5.69 Å².